The summed E-state index contributed by atoms with van der Waals surface area (Å²) in [7, 11) is 1.29. The first kappa shape index (κ1) is 15.0. The fraction of sp³-hybridized carbons (Fsp3) is 0.167. The van der Waals surface area contributed by atoms with Crippen LogP contribution in [-0.2, 0) is 20.9 Å². The Morgan fingerprint density at radius 3 is 2.52 bits per heavy atom. The minimum absolute atomic E-state index is 0.0437. The van der Waals surface area contributed by atoms with Crippen molar-refractivity contribution in [2.75, 3.05) is 7.11 Å². The van der Waals surface area contributed by atoms with Gasteiger partial charge in [-0.25, -0.2) is 4.79 Å². The Labute approximate surface area is 132 Å². The molecule has 0 fully saturated rings. The third-order valence-corrected chi connectivity index (χ3v) is 3.78. The van der Waals surface area contributed by atoms with E-state index in [-0.39, 0.29) is 12.4 Å². The summed E-state index contributed by atoms with van der Waals surface area (Å²) >= 11 is 0. The minimum atomic E-state index is -0.489. The van der Waals surface area contributed by atoms with Crippen LogP contribution in [0.5, 0.6) is 0 Å². The third-order valence-electron chi connectivity index (χ3n) is 3.78. The molecule has 0 N–H and O–H groups in total. The van der Waals surface area contributed by atoms with E-state index in [1.807, 2.05) is 12.1 Å². The number of ketones is 1. The molecule has 0 unspecified atom stereocenters. The zero-order chi connectivity index (χ0) is 16.6. The van der Waals surface area contributed by atoms with Crippen molar-refractivity contribution in [2.45, 2.75) is 13.5 Å². The lowest BCUT2D eigenvalue weighted by molar-refractivity contribution is -0.142. The molecule has 5 heteroatoms. The van der Waals surface area contributed by atoms with Crippen LogP contribution in [0.25, 0.3) is 11.1 Å². The van der Waals surface area contributed by atoms with Crippen molar-refractivity contribution >= 4 is 17.7 Å². The van der Waals surface area contributed by atoms with Gasteiger partial charge in [-0.05, 0) is 23.3 Å². The highest BCUT2D eigenvalue weighted by atomic mass is 16.5. The van der Waals surface area contributed by atoms with Gasteiger partial charge in [0.15, 0.2) is 5.78 Å². The van der Waals surface area contributed by atoms with Gasteiger partial charge in [0.25, 0.3) is 0 Å². The van der Waals surface area contributed by atoms with E-state index < -0.39 is 11.9 Å². The number of fused-ring (bicyclic) bond motifs is 3. The molecule has 0 radical (unpaired) electrons. The van der Waals surface area contributed by atoms with Crippen molar-refractivity contribution < 1.29 is 23.9 Å². The summed E-state index contributed by atoms with van der Waals surface area (Å²) in [6, 6.07) is 10.3. The molecule has 2 aromatic rings. The molecule has 1 aliphatic rings. The smallest absolute Gasteiger partial charge is 0.337 e. The van der Waals surface area contributed by atoms with Crippen molar-refractivity contribution in [3.63, 3.8) is 0 Å². The van der Waals surface area contributed by atoms with Gasteiger partial charge in [0.1, 0.15) is 6.61 Å². The normalized spacial score (nSPS) is 11.7. The van der Waals surface area contributed by atoms with E-state index in [0.717, 1.165) is 11.1 Å². The zero-order valence-corrected chi connectivity index (χ0v) is 12.7. The summed E-state index contributed by atoms with van der Waals surface area (Å²) < 4.78 is 9.70. The van der Waals surface area contributed by atoms with Gasteiger partial charge < -0.3 is 9.47 Å². The summed E-state index contributed by atoms with van der Waals surface area (Å²) in [5.74, 6) is -1.07. The summed E-state index contributed by atoms with van der Waals surface area (Å²) in [5.41, 5.74) is 3.50. The van der Waals surface area contributed by atoms with Gasteiger partial charge in [-0.15, -0.1) is 0 Å². The van der Waals surface area contributed by atoms with E-state index in [9.17, 15) is 14.4 Å². The topological polar surface area (TPSA) is 69.7 Å². The lowest BCUT2D eigenvalue weighted by Gasteiger charge is -2.07. The number of hydrogen-bond acceptors (Lipinski definition) is 5. The molecule has 23 heavy (non-hydrogen) atoms. The molecule has 5 nitrogen and oxygen atoms in total. The first-order valence-corrected chi connectivity index (χ1v) is 7.05. The summed E-state index contributed by atoms with van der Waals surface area (Å²) in [5, 5.41) is 0. The van der Waals surface area contributed by atoms with Gasteiger partial charge in [0.2, 0.25) is 0 Å². The number of hydrogen-bond donors (Lipinski definition) is 0. The SMILES string of the molecule is COC(=O)c1ccc2c(c1)C(=O)c1c(COC(C)=O)cccc1-2. The second kappa shape index (κ2) is 5.68. The number of esters is 2. The lowest BCUT2D eigenvalue weighted by atomic mass is 10.0. The Hall–Kier alpha value is -2.95. The van der Waals surface area contributed by atoms with E-state index >= 15 is 0 Å². The predicted octanol–water partition coefficient (Wildman–Crippen LogP) is 2.75. The highest BCUT2D eigenvalue weighted by Gasteiger charge is 2.30. The van der Waals surface area contributed by atoms with E-state index in [0.29, 0.717) is 22.3 Å². The summed E-state index contributed by atoms with van der Waals surface area (Å²) in [6.07, 6.45) is 0. The standard InChI is InChI=1S/C18H14O5/c1-10(19)23-9-12-4-3-5-14-13-7-6-11(18(21)22-2)8-15(13)17(20)16(12)14/h3-8H,9H2,1-2H3. The molecule has 0 atom stereocenters. The second-order valence-electron chi connectivity index (χ2n) is 5.20. The maximum absolute atomic E-state index is 12.7. The van der Waals surface area contributed by atoms with Crippen LogP contribution in [-0.4, -0.2) is 24.8 Å². The Balaban J connectivity index is 2.07. The Morgan fingerprint density at radius 1 is 1.04 bits per heavy atom. The lowest BCUT2D eigenvalue weighted by Crippen LogP contribution is -2.06. The highest BCUT2D eigenvalue weighted by Crippen LogP contribution is 2.39. The molecule has 0 bridgehead atoms. The van der Waals surface area contributed by atoms with Crippen LogP contribution in [0.3, 0.4) is 0 Å². The first-order valence-electron chi connectivity index (χ1n) is 7.05. The van der Waals surface area contributed by atoms with E-state index in [2.05, 4.69) is 4.74 Å². The van der Waals surface area contributed by atoms with Gasteiger partial charge >= 0.3 is 11.9 Å². The number of carbonyl (C=O) groups is 3. The Morgan fingerprint density at radius 2 is 1.83 bits per heavy atom. The van der Waals surface area contributed by atoms with Gasteiger partial charge in [-0.3, -0.25) is 9.59 Å². The van der Waals surface area contributed by atoms with Gasteiger partial charge in [0.05, 0.1) is 12.7 Å². The molecule has 0 saturated heterocycles. The summed E-state index contributed by atoms with van der Waals surface area (Å²) in [4.78, 5) is 35.4. The van der Waals surface area contributed by atoms with Crippen LogP contribution in [0.4, 0.5) is 0 Å². The number of rotatable bonds is 3. The van der Waals surface area contributed by atoms with E-state index in [1.165, 1.54) is 14.0 Å². The molecule has 116 valence electrons. The molecule has 0 spiro atoms. The molecule has 0 aliphatic heterocycles. The predicted molar refractivity (Wildman–Crippen MR) is 82.1 cm³/mol. The van der Waals surface area contributed by atoms with Crippen molar-refractivity contribution in [1.29, 1.82) is 0 Å². The molecule has 3 rings (SSSR count). The number of benzene rings is 2. The van der Waals surface area contributed by atoms with Crippen molar-refractivity contribution in [2.24, 2.45) is 0 Å². The Kier molecular flexibility index (Phi) is 3.70. The quantitative estimate of drug-likeness (QED) is 0.696. The molecule has 0 amide bonds. The first-order chi connectivity index (χ1) is 11.0. The molecule has 0 saturated carbocycles. The average Bonchev–Trinajstić information content (AvgIpc) is 2.85. The van der Waals surface area contributed by atoms with Gasteiger partial charge in [0, 0.05) is 23.6 Å². The largest absolute Gasteiger partial charge is 0.465 e. The van der Waals surface area contributed by atoms with Gasteiger partial charge in [-0.1, -0.05) is 24.3 Å². The summed E-state index contributed by atoms with van der Waals surface area (Å²) in [6.45, 7) is 1.37. The van der Waals surface area contributed by atoms with Crippen LogP contribution >= 0.6 is 0 Å². The molecule has 2 aromatic carbocycles. The molecule has 1 aliphatic carbocycles. The minimum Gasteiger partial charge on any atom is -0.465 e. The van der Waals surface area contributed by atoms with Gasteiger partial charge in [-0.2, -0.15) is 0 Å². The van der Waals surface area contributed by atoms with Crippen LogP contribution in [0.15, 0.2) is 36.4 Å². The molecular weight excluding hydrogens is 296 g/mol. The van der Waals surface area contributed by atoms with Crippen LogP contribution in [0, 0.1) is 0 Å². The highest BCUT2D eigenvalue weighted by molar-refractivity contribution is 6.23. The monoisotopic (exact) mass is 310 g/mol. The fourth-order valence-electron chi connectivity index (χ4n) is 2.74. The third kappa shape index (κ3) is 2.50. The van der Waals surface area contributed by atoms with Crippen LogP contribution < -0.4 is 0 Å². The maximum atomic E-state index is 12.7. The number of ether oxygens (including phenoxy) is 2. The van der Waals surface area contributed by atoms with E-state index in [4.69, 9.17) is 4.74 Å². The fourth-order valence-corrected chi connectivity index (χ4v) is 2.74. The van der Waals surface area contributed by atoms with Crippen molar-refractivity contribution in [3.05, 3.63) is 58.7 Å². The Bertz CT molecular complexity index is 835. The second-order valence-corrected chi connectivity index (χ2v) is 5.20. The average molecular weight is 310 g/mol. The molecule has 0 aromatic heterocycles. The van der Waals surface area contributed by atoms with Crippen molar-refractivity contribution in [1.82, 2.24) is 0 Å². The number of carbonyl (C=O) groups excluding carboxylic acids is 3. The number of methoxy groups -OCH3 is 1. The molecular formula is C18H14O5. The van der Waals surface area contributed by atoms with E-state index in [1.54, 1.807) is 24.3 Å². The molecule has 0 heterocycles. The van der Waals surface area contributed by atoms with Crippen LogP contribution in [0.1, 0.15) is 38.8 Å². The zero-order valence-electron chi connectivity index (χ0n) is 12.7. The van der Waals surface area contributed by atoms with Crippen LogP contribution in [0.2, 0.25) is 0 Å². The van der Waals surface area contributed by atoms with Crippen molar-refractivity contribution in [3.8, 4) is 11.1 Å². The maximum Gasteiger partial charge on any atom is 0.337 e.